The molecule has 0 atom stereocenters. The van der Waals surface area contributed by atoms with E-state index in [4.69, 9.17) is 9.84 Å². The third-order valence-electron chi connectivity index (χ3n) is 8.59. The summed E-state index contributed by atoms with van der Waals surface area (Å²) < 4.78 is 7.33. The molecule has 252 valence electrons. The van der Waals surface area contributed by atoms with Crippen LogP contribution in [0.15, 0.2) is 101 Å². The van der Waals surface area contributed by atoms with E-state index in [1.165, 1.54) is 41.3 Å². The normalized spacial score (nSPS) is 14.3. The lowest BCUT2D eigenvalue weighted by atomic mass is 10.1. The molecule has 0 spiro atoms. The molecule has 6 rings (SSSR count). The summed E-state index contributed by atoms with van der Waals surface area (Å²) >= 11 is 1.81. The van der Waals surface area contributed by atoms with E-state index >= 15 is 0 Å². The molecule has 49 heavy (non-hydrogen) atoms. The fourth-order valence-corrected chi connectivity index (χ4v) is 6.99. The molecule has 5 aromatic rings. The first kappa shape index (κ1) is 34.1. The number of carbonyl (C=O) groups is 1. The van der Waals surface area contributed by atoms with Gasteiger partial charge in [-0.3, -0.25) is 4.98 Å². The van der Waals surface area contributed by atoms with Crippen LogP contribution >= 0.6 is 11.8 Å². The van der Waals surface area contributed by atoms with Gasteiger partial charge in [0, 0.05) is 28.4 Å². The molecule has 0 radical (unpaired) electrons. The number of rotatable bonds is 15. The maximum atomic E-state index is 12.8. The first-order valence-corrected chi connectivity index (χ1v) is 18.3. The van der Waals surface area contributed by atoms with Crippen LogP contribution in [-0.4, -0.2) is 43.9 Å². The molecule has 0 N–H and O–H groups in total. The molecule has 0 unspecified atom stereocenters. The summed E-state index contributed by atoms with van der Waals surface area (Å²) in [5.41, 5.74) is 5.80. The number of para-hydroxylation sites is 1. The Kier molecular flexibility index (Phi) is 11.5. The fraction of sp³-hybridized carbons (Fsp3) is 0.325. The first-order chi connectivity index (χ1) is 24.1. The molecule has 8 nitrogen and oxygen atoms in total. The lowest BCUT2D eigenvalue weighted by Crippen LogP contribution is -2.18. The molecule has 9 heteroatoms. The highest BCUT2D eigenvalue weighted by Gasteiger charge is 2.24. The van der Waals surface area contributed by atoms with E-state index in [0.717, 1.165) is 54.3 Å². The van der Waals surface area contributed by atoms with Crippen LogP contribution in [0, 0.1) is 0 Å². The van der Waals surface area contributed by atoms with Gasteiger partial charge in [0.25, 0.3) is 0 Å². The Labute approximate surface area is 293 Å². The highest BCUT2D eigenvalue weighted by Crippen LogP contribution is 2.45. The van der Waals surface area contributed by atoms with E-state index in [-0.39, 0.29) is 5.97 Å². The number of carbonyl (C=O) groups excluding carboxylic acids is 1. The van der Waals surface area contributed by atoms with Crippen LogP contribution in [0.5, 0.6) is 0 Å². The van der Waals surface area contributed by atoms with Crippen LogP contribution in [0.2, 0.25) is 0 Å². The minimum Gasteiger partial charge on any atom is -0.462 e. The number of nitrogens with zero attached hydrogens (tertiary/aromatic N) is 6. The fourth-order valence-electron chi connectivity index (χ4n) is 5.90. The molecule has 3 aromatic heterocycles. The van der Waals surface area contributed by atoms with Crippen LogP contribution in [-0.2, 0) is 4.74 Å². The average Bonchev–Trinajstić information content (AvgIpc) is 3.82. The van der Waals surface area contributed by atoms with Crippen molar-refractivity contribution in [3.8, 4) is 22.8 Å². The topological polar surface area (TPSA) is 85.5 Å². The molecule has 0 bridgehead atoms. The number of benzene rings is 2. The summed E-state index contributed by atoms with van der Waals surface area (Å²) in [6.07, 6.45) is 17.4. The van der Waals surface area contributed by atoms with Gasteiger partial charge in [0.2, 0.25) is 5.82 Å². The molecule has 4 heterocycles. The SMILES string of the molecule is CCCCCCCCOC(=O)c1ccc(-c2nn3c(-c4ccccn4)nnc3\c2=C/C(C)=C/C=C2\Sc3ccccc3N2CCCC)cc1. The third kappa shape index (κ3) is 8.11. The molecule has 1 aliphatic heterocycles. The average molecular weight is 673 g/mol. The van der Waals surface area contributed by atoms with E-state index in [0.29, 0.717) is 29.3 Å². The van der Waals surface area contributed by atoms with Gasteiger partial charge in [-0.2, -0.15) is 9.61 Å². The quantitative estimate of drug-likeness (QED) is 0.0805. The van der Waals surface area contributed by atoms with E-state index in [1.54, 1.807) is 22.5 Å². The molecule has 0 aliphatic carbocycles. The van der Waals surface area contributed by atoms with E-state index in [9.17, 15) is 4.79 Å². The van der Waals surface area contributed by atoms with Crippen LogP contribution in [0.3, 0.4) is 0 Å². The Balaban J connectivity index is 1.29. The van der Waals surface area contributed by atoms with Gasteiger partial charge in [0.1, 0.15) is 11.4 Å². The van der Waals surface area contributed by atoms with Gasteiger partial charge in [-0.25, -0.2) is 4.79 Å². The molecular formula is C40H44N6O2S. The van der Waals surface area contributed by atoms with Crippen LogP contribution in [0.4, 0.5) is 5.69 Å². The summed E-state index contributed by atoms with van der Waals surface area (Å²) in [4.78, 5) is 21.0. The number of anilines is 1. The summed E-state index contributed by atoms with van der Waals surface area (Å²) in [7, 11) is 0. The van der Waals surface area contributed by atoms with E-state index < -0.39 is 0 Å². The molecular weight excluding hydrogens is 629 g/mol. The molecule has 1 aliphatic rings. The van der Waals surface area contributed by atoms with Gasteiger partial charge in [-0.15, -0.1) is 10.2 Å². The van der Waals surface area contributed by atoms with Gasteiger partial charge in [0.05, 0.1) is 22.9 Å². The molecule has 0 fully saturated rings. The Morgan fingerprint density at radius 2 is 1.65 bits per heavy atom. The van der Waals surface area contributed by atoms with Gasteiger partial charge >= 0.3 is 5.97 Å². The largest absolute Gasteiger partial charge is 0.462 e. The Hall–Kier alpha value is -4.76. The van der Waals surface area contributed by atoms with Gasteiger partial charge < -0.3 is 9.64 Å². The minimum absolute atomic E-state index is 0.300. The standard InChI is InChI=1S/C40H44N6O2S/c1-4-6-8-9-10-15-27-48-40(47)31-22-20-30(21-23-31)37-32(38-42-43-39(46(38)44-37)33-16-13-14-25-41-33)28-29(3)19-24-36-45(26-7-5-2)34-17-11-12-18-35(34)49-36/h11-14,16-25,28H,4-10,15,26-27H2,1-3H3/b29-19+,32-28-,36-24-. The Morgan fingerprint density at radius 1 is 0.878 bits per heavy atom. The smallest absolute Gasteiger partial charge is 0.338 e. The lowest BCUT2D eigenvalue weighted by Gasteiger charge is -2.19. The zero-order valence-corrected chi connectivity index (χ0v) is 29.5. The second-order valence-corrected chi connectivity index (χ2v) is 13.4. The van der Waals surface area contributed by atoms with Crippen molar-refractivity contribution in [2.24, 2.45) is 0 Å². The molecule has 2 aromatic carbocycles. The number of allylic oxidation sites excluding steroid dienone is 3. The van der Waals surface area contributed by atoms with E-state index in [2.05, 4.69) is 83.3 Å². The second-order valence-electron chi connectivity index (χ2n) is 12.4. The van der Waals surface area contributed by atoms with Crippen molar-refractivity contribution in [3.05, 3.63) is 106 Å². The Morgan fingerprint density at radius 3 is 2.45 bits per heavy atom. The van der Waals surface area contributed by atoms with Gasteiger partial charge in [-0.1, -0.05) is 106 Å². The van der Waals surface area contributed by atoms with Crippen molar-refractivity contribution >= 4 is 35.1 Å². The first-order valence-electron chi connectivity index (χ1n) is 17.5. The van der Waals surface area contributed by atoms with Gasteiger partial charge in [-0.05, 0) is 68.3 Å². The van der Waals surface area contributed by atoms with Crippen molar-refractivity contribution in [1.82, 2.24) is 24.8 Å². The van der Waals surface area contributed by atoms with Crippen molar-refractivity contribution in [3.63, 3.8) is 0 Å². The van der Waals surface area contributed by atoms with Crippen molar-refractivity contribution in [2.45, 2.75) is 77.0 Å². The molecule has 0 saturated carbocycles. The minimum atomic E-state index is -0.300. The Bertz CT molecular complexity index is 1980. The maximum Gasteiger partial charge on any atom is 0.338 e. The van der Waals surface area contributed by atoms with Crippen molar-refractivity contribution < 1.29 is 9.53 Å². The van der Waals surface area contributed by atoms with Crippen LogP contribution in [0.1, 0.15) is 82.5 Å². The number of thioether (sulfide) groups is 1. The van der Waals surface area contributed by atoms with Gasteiger partial charge in [0.15, 0.2) is 5.65 Å². The number of fused-ring (bicyclic) bond motifs is 2. The highest BCUT2D eigenvalue weighted by molar-refractivity contribution is 8.03. The molecule has 0 saturated heterocycles. The van der Waals surface area contributed by atoms with Crippen molar-refractivity contribution in [2.75, 3.05) is 18.1 Å². The number of ether oxygens (including phenoxy) is 1. The predicted octanol–water partition coefficient (Wildman–Crippen LogP) is 9.07. The number of hydrogen-bond acceptors (Lipinski definition) is 8. The predicted molar refractivity (Wildman–Crippen MR) is 199 cm³/mol. The number of esters is 1. The summed E-state index contributed by atoms with van der Waals surface area (Å²) in [5, 5.41) is 16.1. The number of unbranched alkanes of at least 4 members (excludes halogenated alkanes) is 6. The summed E-state index contributed by atoms with van der Waals surface area (Å²) in [6, 6.07) is 21.8. The number of hydrogen-bond donors (Lipinski definition) is 0. The number of aromatic nitrogens is 5. The van der Waals surface area contributed by atoms with Crippen molar-refractivity contribution in [1.29, 1.82) is 0 Å². The third-order valence-corrected chi connectivity index (χ3v) is 9.72. The molecule has 0 amide bonds. The monoisotopic (exact) mass is 672 g/mol. The zero-order valence-electron chi connectivity index (χ0n) is 28.6. The maximum absolute atomic E-state index is 12.8. The number of pyridine rings is 1. The lowest BCUT2D eigenvalue weighted by molar-refractivity contribution is 0.0497. The van der Waals surface area contributed by atoms with E-state index in [1.807, 2.05) is 42.5 Å². The van der Waals surface area contributed by atoms with Crippen LogP contribution in [0.25, 0.3) is 34.5 Å². The second kappa shape index (κ2) is 16.6. The summed E-state index contributed by atoms with van der Waals surface area (Å²) in [6.45, 7) is 7.96. The summed E-state index contributed by atoms with van der Waals surface area (Å²) in [5.74, 6) is 0.271. The highest BCUT2D eigenvalue weighted by atomic mass is 32.2. The van der Waals surface area contributed by atoms with Crippen LogP contribution < -0.4 is 10.1 Å². The zero-order chi connectivity index (χ0) is 34.0.